The van der Waals surface area contributed by atoms with Crippen molar-refractivity contribution in [1.82, 2.24) is 0 Å². The van der Waals surface area contributed by atoms with E-state index < -0.39 is 5.97 Å². The molecule has 0 unspecified atom stereocenters. The summed E-state index contributed by atoms with van der Waals surface area (Å²) in [4.78, 5) is 10.9. The van der Waals surface area contributed by atoms with Crippen molar-refractivity contribution in [1.29, 1.82) is 0 Å². The summed E-state index contributed by atoms with van der Waals surface area (Å²) in [6, 6.07) is 6.13. The highest BCUT2D eigenvalue weighted by molar-refractivity contribution is 5.67. The maximum Gasteiger partial charge on any atom is 0.303 e. The summed E-state index contributed by atoms with van der Waals surface area (Å²) < 4.78 is 5.36. The van der Waals surface area contributed by atoms with Gasteiger partial charge in [-0.2, -0.15) is 0 Å². The minimum absolute atomic E-state index is 0.177. The van der Waals surface area contributed by atoms with Crippen LogP contribution >= 0.6 is 0 Å². The van der Waals surface area contributed by atoms with Gasteiger partial charge in [0.25, 0.3) is 0 Å². The molecule has 1 N–H and O–H groups in total. The zero-order valence-electron chi connectivity index (χ0n) is 12.5. The SMILES string of the molecule is COc1ccc(CC(C)(C)CC(=O)O)cc1C(C)C. The van der Waals surface area contributed by atoms with Crippen LogP contribution in [0.5, 0.6) is 5.75 Å². The average molecular weight is 264 g/mol. The van der Waals surface area contributed by atoms with E-state index in [-0.39, 0.29) is 11.8 Å². The van der Waals surface area contributed by atoms with Gasteiger partial charge in [-0.15, -0.1) is 0 Å². The Kier molecular flexibility index (Phi) is 4.98. The summed E-state index contributed by atoms with van der Waals surface area (Å²) in [5.41, 5.74) is 2.09. The van der Waals surface area contributed by atoms with E-state index in [1.807, 2.05) is 26.0 Å². The molecular weight excluding hydrogens is 240 g/mol. The molecule has 0 aliphatic heterocycles. The van der Waals surface area contributed by atoms with E-state index in [2.05, 4.69) is 19.9 Å². The summed E-state index contributed by atoms with van der Waals surface area (Å²) in [5, 5.41) is 8.93. The Bertz CT molecular complexity index is 447. The van der Waals surface area contributed by atoms with Crippen LogP contribution in [0.15, 0.2) is 18.2 Å². The molecule has 3 nitrogen and oxygen atoms in total. The Hall–Kier alpha value is -1.51. The van der Waals surface area contributed by atoms with E-state index in [0.29, 0.717) is 5.92 Å². The van der Waals surface area contributed by atoms with Crippen molar-refractivity contribution in [2.45, 2.75) is 46.5 Å². The van der Waals surface area contributed by atoms with E-state index in [1.165, 1.54) is 5.56 Å². The zero-order valence-corrected chi connectivity index (χ0v) is 12.5. The summed E-state index contributed by atoms with van der Waals surface area (Å²) in [6.45, 7) is 8.23. The Balaban J connectivity index is 2.96. The number of hydrogen-bond donors (Lipinski definition) is 1. The number of methoxy groups -OCH3 is 1. The second kappa shape index (κ2) is 6.09. The minimum atomic E-state index is -0.748. The smallest absolute Gasteiger partial charge is 0.303 e. The maximum atomic E-state index is 10.9. The fraction of sp³-hybridized carbons (Fsp3) is 0.562. The second-order valence-electron chi connectivity index (χ2n) is 6.14. The Labute approximate surface area is 115 Å². The van der Waals surface area contributed by atoms with Crippen LogP contribution in [0.4, 0.5) is 0 Å². The normalized spacial score (nSPS) is 11.7. The number of rotatable bonds is 6. The van der Waals surface area contributed by atoms with Crippen molar-refractivity contribution in [3.63, 3.8) is 0 Å². The van der Waals surface area contributed by atoms with Gasteiger partial charge in [0.1, 0.15) is 5.75 Å². The molecule has 1 aromatic carbocycles. The molecular formula is C16H24O3. The molecule has 19 heavy (non-hydrogen) atoms. The molecule has 1 aromatic rings. The molecule has 0 radical (unpaired) electrons. The molecule has 0 saturated carbocycles. The molecule has 1 rings (SSSR count). The number of carboxylic acids is 1. The summed E-state index contributed by atoms with van der Waals surface area (Å²) >= 11 is 0. The fourth-order valence-corrected chi connectivity index (χ4v) is 2.37. The van der Waals surface area contributed by atoms with Crippen molar-refractivity contribution in [3.05, 3.63) is 29.3 Å². The van der Waals surface area contributed by atoms with Gasteiger partial charge in [-0.05, 0) is 34.9 Å². The first-order valence-corrected chi connectivity index (χ1v) is 6.64. The van der Waals surface area contributed by atoms with E-state index in [1.54, 1.807) is 7.11 Å². The molecule has 0 fully saturated rings. The first-order chi connectivity index (χ1) is 8.75. The van der Waals surface area contributed by atoms with Gasteiger partial charge >= 0.3 is 5.97 Å². The Morgan fingerprint density at radius 3 is 2.47 bits per heavy atom. The predicted octanol–water partition coefficient (Wildman–Crippen LogP) is 3.86. The number of benzene rings is 1. The van der Waals surface area contributed by atoms with Crippen LogP contribution in [0.3, 0.4) is 0 Å². The molecule has 0 atom stereocenters. The third kappa shape index (κ3) is 4.58. The first-order valence-electron chi connectivity index (χ1n) is 6.64. The van der Waals surface area contributed by atoms with Gasteiger partial charge in [0, 0.05) is 0 Å². The van der Waals surface area contributed by atoms with Gasteiger partial charge in [0.15, 0.2) is 0 Å². The van der Waals surface area contributed by atoms with Gasteiger partial charge in [0.2, 0.25) is 0 Å². The van der Waals surface area contributed by atoms with E-state index in [0.717, 1.165) is 17.7 Å². The van der Waals surface area contributed by atoms with Crippen LogP contribution in [0.25, 0.3) is 0 Å². The Morgan fingerprint density at radius 2 is 2.00 bits per heavy atom. The van der Waals surface area contributed by atoms with Crippen molar-refractivity contribution < 1.29 is 14.6 Å². The topological polar surface area (TPSA) is 46.5 Å². The lowest BCUT2D eigenvalue weighted by molar-refractivity contribution is -0.139. The molecule has 106 valence electrons. The summed E-state index contributed by atoms with van der Waals surface area (Å²) in [5.74, 6) is 0.537. The van der Waals surface area contributed by atoms with Crippen LogP contribution in [-0.4, -0.2) is 18.2 Å². The van der Waals surface area contributed by atoms with Gasteiger partial charge in [-0.25, -0.2) is 0 Å². The summed E-state index contributed by atoms with van der Waals surface area (Å²) in [6.07, 6.45) is 0.930. The molecule has 0 spiro atoms. The lowest BCUT2D eigenvalue weighted by Gasteiger charge is -2.23. The fourth-order valence-electron chi connectivity index (χ4n) is 2.37. The number of carboxylic acid groups (broad SMARTS) is 1. The third-order valence-electron chi connectivity index (χ3n) is 3.23. The minimum Gasteiger partial charge on any atom is -0.496 e. The van der Waals surface area contributed by atoms with Crippen molar-refractivity contribution in [2.24, 2.45) is 5.41 Å². The quantitative estimate of drug-likeness (QED) is 0.848. The molecule has 0 saturated heterocycles. The zero-order chi connectivity index (χ0) is 14.6. The molecule has 0 heterocycles. The molecule has 0 aliphatic rings. The van der Waals surface area contributed by atoms with Crippen molar-refractivity contribution in [2.75, 3.05) is 7.11 Å². The van der Waals surface area contributed by atoms with Crippen molar-refractivity contribution >= 4 is 5.97 Å². The predicted molar refractivity (Wildman–Crippen MR) is 76.8 cm³/mol. The van der Waals surface area contributed by atoms with Gasteiger partial charge in [0.05, 0.1) is 13.5 Å². The first kappa shape index (κ1) is 15.5. The molecule has 0 bridgehead atoms. The monoisotopic (exact) mass is 264 g/mol. The number of aliphatic carboxylic acids is 1. The lowest BCUT2D eigenvalue weighted by atomic mass is 9.82. The number of carbonyl (C=O) groups is 1. The molecule has 0 aliphatic carbocycles. The largest absolute Gasteiger partial charge is 0.496 e. The lowest BCUT2D eigenvalue weighted by Crippen LogP contribution is -2.19. The van der Waals surface area contributed by atoms with E-state index in [9.17, 15) is 4.79 Å². The van der Waals surface area contributed by atoms with Crippen LogP contribution < -0.4 is 4.74 Å². The van der Waals surface area contributed by atoms with Crippen LogP contribution in [0.1, 0.15) is 51.2 Å². The van der Waals surface area contributed by atoms with Crippen molar-refractivity contribution in [3.8, 4) is 5.75 Å². The highest BCUT2D eigenvalue weighted by atomic mass is 16.5. The average Bonchev–Trinajstić information content (AvgIpc) is 2.26. The van der Waals surface area contributed by atoms with Gasteiger partial charge in [-0.1, -0.05) is 39.8 Å². The van der Waals surface area contributed by atoms with Crippen LogP contribution in [0.2, 0.25) is 0 Å². The van der Waals surface area contributed by atoms with Gasteiger partial charge in [-0.3, -0.25) is 4.79 Å². The number of ether oxygens (including phenoxy) is 1. The standard InChI is InChI=1S/C16H24O3/c1-11(2)13-8-12(6-7-14(13)19-5)9-16(3,4)10-15(17)18/h6-8,11H,9-10H2,1-5H3,(H,17,18). The van der Waals surface area contributed by atoms with E-state index in [4.69, 9.17) is 9.84 Å². The highest BCUT2D eigenvalue weighted by Gasteiger charge is 2.22. The summed E-state index contributed by atoms with van der Waals surface area (Å²) in [7, 11) is 1.68. The third-order valence-corrected chi connectivity index (χ3v) is 3.23. The second-order valence-corrected chi connectivity index (χ2v) is 6.14. The van der Waals surface area contributed by atoms with Crippen LogP contribution in [0, 0.1) is 5.41 Å². The molecule has 0 amide bonds. The van der Waals surface area contributed by atoms with Crippen LogP contribution in [-0.2, 0) is 11.2 Å². The molecule has 0 aromatic heterocycles. The van der Waals surface area contributed by atoms with E-state index >= 15 is 0 Å². The number of hydrogen-bond acceptors (Lipinski definition) is 2. The van der Waals surface area contributed by atoms with Gasteiger partial charge < -0.3 is 9.84 Å². The molecule has 3 heteroatoms. The highest BCUT2D eigenvalue weighted by Crippen LogP contribution is 2.31. The maximum absolute atomic E-state index is 10.9. The Morgan fingerprint density at radius 1 is 1.37 bits per heavy atom.